The molecule has 2 aromatic carbocycles. The number of ketones is 1. The molecule has 2 N–H and O–H groups in total. The number of fused-ring (bicyclic) bond motifs is 1. The average Bonchev–Trinajstić information content (AvgIpc) is 3.61. The van der Waals surface area contributed by atoms with Crippen LogP contribution in [0.25, 0.3) is 22.2 Å². The molecule has 0 radical (unpaired) electrons. The highest BCUT2D eigenvalue weighted by atomic mass is 32.2. The summed E-state index contributed by atoms with van der Waals surface area (Å²) in [4.78, 5) is 20.6. The number of halogens is 2. The average molecular weight is 589 g/mol. The van der Waals surface area contributed by atoms with Gasteiger partial charge in [-0.05, 0) is 55.2 Å². The predicted octanol–water partition coefficient (Wildman–Crippen LogP) is 4.68. The molecule has 0 spiro atoms. The van der Waals surface area contributed by atoms with Crippen LogP contribution in [0.3, 0.4) is 0 Å². The maximum absolute atomic E-state index is 15.3. The summed E-state index contributed by atoms with van der Waals surface area (Å²) in [7, 11) is -7.47. The van der Waals surface area contributed by atoms with Gasteiger partial charge in [0.2, 0.25) is 25.8 Å². The second-order valence-corrected chi connectivity index (χ2v) is 13.3. The molecule has 1 fully saturated rings. The van der Waals surface area contributed by atoms with Gasteiger partial charge in [-0.25, -0.2) is 30.6 Å². The van der Waals surface area contributed by atoms with Gasteiger partial charge in [-0.15, -0.1) is 0 Å². The topological polar surface area (TPSA) is 129 Å². The highest BCUT2D eigenvalue weighted by Gasteiger charge is 2.28. The van der Waals surface area contributed by atoms with Gasteiger partial charge in [0.15, 0.2) is 5.82 Å². The molecule has 0 aliphatic carbocycles. The molecular formula is C27H26F2N4O5S2. The SMILES string of the molecule is CCCS(=O)(=O)Nc1ccc(F)c(C(=O)c2c[nH]c3ncc(-c4ccc(S(=O)(=O)N5CCCC5)cc4)cc23)c1F. The van der Waals surface area contributed by atoms with E-state index in [1.807, 2.05) is 0 Å². The van der Waals surface area contributed by atoms with Crippen molar-refractivity contribution in [3.63, 3.8) is 0 Å². The molecule has 4 aromatic rings. The predicted molar refractivity (Wildman–Crippen MR) is 147 cm³/mol. The summed E-state index contributed by atoms with van der Waals surface area (Å²) in [5, 5.41) is 0.284. The van der Waals surface area contributed by atoms with Gasteiger partial charge in [0.05, 0.1) is 21.9 Å². The number of hydrogen-bond acceptors (Lipinski definition) is 6. The number of aromatic amines is 1. The van der Waals surface area contributed by atoms with Crippen LogP contribution in [-0.2, 0) is 20.0 Å². The molecule has 0 unspecified atom stereocenters. The van der Waals surface area contributed by atoms with Crippen LogP contribution in [0.5, 0.6) is 0 Å². The third-order valence-electron chi connectivity index (χ3n) is 6.72. The van der Waals surface area contributed by atoms with Gasteiger partial charge in [0.1, 0.15) is 11.5 Å². The van der Waals surface area contributed by atoms with Crippen LogP contribution in [0.1, 0.15) is 42.1 Å². The van der Waals surface area contributed by atoms with Crippen molar-refractivity contribution in [1.82, 2.24) is 14.3 Å². The molecular weight excluding hydrogens is 562 g/mol. The van der Waals surface area contributed by atoms with E-state index >= 15 is 4.39 Å². The first kappa shape index (κ1) is 27.9. The lowest BCUT2D eigenvalue weighted by atomic mass is 10.00. The van der Waals surface area contributed by atoms with Crippen molar-refractivity contribution in [1.29, 1.82) is 0 Å². The summed E-state index contributed by atoms with van der Waals surface area (Å²) in [6, 6.07) is 9.64. The van der Waals surface area contributed by atoms with Gasteiger partial charge in [0, 0.05) is 42.0 Å². The normalized spacial score (nSPS) is 14.6. The number of carbonyl (C=O) groups is 1. The number of sulfonamides is 2. The number of H-pyrrole nitrogens is 1. The third kappa shape index (κ3) is 5.23. The molecule has 1 aliphatic heterocycles. The van der Waals surface area contributed by atoms with Crippen LogP contribution in [0.15, 0.2) is 59.8 Å². The number of carbonyl (C=O) groups excluding carboxylic acids is 1. The Hall–Kier alpha value is -3.68. The highest BCUT2D eigenvalue weighted by Crippen LogP contribution is 2.30. The largest absolute Gasteiger partial charge is 0.345 e. The van der Waals surface area contributed by atoms with E-state index in [0.29, 0.717) is 29.9 Å². The lowest BCUT2D eigenvalue weighted by Crippen LogP contribution is -2.27. The molecule has 0 atom stereocenters. The summed E-state index contributed by atoms with van der Waals surface area (Å²) in [5.74, 6) is -3.73. The van der Waals surface area contributed by atoms with Crippen LogP contribution < -0.4 is 4.72 Å². The summed E-state index contributed by atoms with van der Waals surface area (Å²) in [6.07, 6.45) is 4.75. The second-order valence-electron chi connectivity index (χ2n) is 9.49. The van der Waals surface area contributed by atoms with Gasteiger partial charge in [-0.3, -0.25) is 9.52 Å². The number of anilines is 1. The minimum absolute atomic E-state index is 0.0658. The van der Waals surface area contributed by atoms with Crippen molar-refractivity contribution in [2.45, 2.75) is 31.1 Å². The monoisotopic (exact) mass is 588 g/mol. The first-order chi connectivity index (χ1) is 19.0. The van der Waals surface area contributed by atoms with Crippen LogP contribution >= 0.6 is 0 Å². The van der Waals surface area contributed by atoms with Gasteiger partial charge >= 0.3 is 0 Å². The van der Waals surface area contributed by atoms with E-state index in [1.165, 1.54) is 28.8 Å². The summed E-state index contributed by atoms with van der Waals surface area (Å²) in [5.41, 5.74) is -0.0300. The number of hydrogen-bond donors (Lipinski definition) is 2. The van der Waals surface area contributed by atoms with Crippen molar-refractivity contribution in [2.24, 2.45) is 0 Å². The molecule has 9 nitrogen and oxygen atoms in total. The number of pyridine rings is 1. The smallest absolute Gasteiger partial charge is 0.243 e. The Labute approximate surface area is 230 Å². The summed E-state index contributed by atoms with van der Waals surface area (Å²) < 4.78 is 83.5. The van der Waals surface area contributed by atoms with E-state index in [-0.39, 0.29) is 28.0 Å². The van der Waals surface area contributed by atoms with E-state index in [1.54, 1.807) is 25.1 Å². The number of benzene rings is 2. The Morgan fingerprint density at radius 2 is 1.73 bits per heavy atom. The number of aromatic nitrogens is 2. The molecule has 1 saturated heterocycles. The first-order valence-corrected chi connectivity index (χ1v) is 15.7. The van der Waals surface area contributed by atoms with E-state index < -0.39 is 48.7 Å². The molecule has 0 amide bonds. The van der Waals surface area contributed by atoms with E-state index in [0.717, 1.165) is 25.0 Å². The Morgan fingerprint density at radius 1 is 1.02 bits per heavy atom. The number of rotatable bonds is 9. The first-order valence-electron chi connectivity index (χ1n) is 12.6. The zero-order chi connectivity index (χ0) is 28.7. The fourth-order valence-corrected chi connectivity index (χ4v) is 7.36. The number of nitrogens with one attached hydrogen (secondary N) is 2. The fourth-order valence-electron chi connectivity index (χ4n) is 4.71. The van der Waals surface area contributed by atoms with Gasteiger partial charge in [0.25, 0.3) is 0 Å². The Bertz CT molecular complexity index is 1820. The molecule has 0 bridgehead atoms. The van der Waals surface area contributed by atoms with E-state index in [9.17, 15) is 26.0 Å². The lowest BCUT2D eigenvalue weighted by molar-refractivity contribution is 0.103. The molecule has 0 saturated carbocycles. The quantitative estimate of drug-likeness (QED) is 0.273. The summed E-state index contributed by atoms with van der Waals surface area (Å²) in [6.45, 7) is 2.62. The Balaban J connectivity index is 1.49. The lowest BCUT2D eigenvalue weighted by Gasteiger charge is -2.15. The van der Waals surface area contributed by atoms with E-state index in [2.05, 4.69) is 14.7 Å². The molecule has 1 aliphatic rings. The molecule has 40 heavy (non-hydrogen) atoms. The fraction of sp³-hybridized carbons (Fsp3) is 0.259. The van der Waals surface area contributed by atoms with Crippen molar-refractivity contribution < 1.29 is 30.4 Å². The van der Waals surface area contributed by atoms with Crippen molar-refractivity contribution in [3.05, 3.63) is 77.6 Å². The molecule has 210 valence electrons. The Morgan fingerprint density at radius 3 is 2.40 bits per heavy atom. The van der Waals surface area contributed by atoms with Crippen LogP contribution in [0.4, 0.5) is 14.5 Å². The maximum Gasteiger partial charge on any atom is 0.243 e. The van der Waals surface area contributed by atoms with Crippen LogP contribution in [0.2, 0.25) is 0 Å². The molecule has 3 heterocycles. The molecule has 5 rings (SSSR count). The van der Waals surface area contributed by atoms with Crippen LogP contribution in [0, 0.1) is 11.6 Å². The van der Waals surface area contributed by atoms with Gasteiger partial charge in [-0.2, -0.15) is 4.31 Å². The van der Waals surface area contributed by atoms with Gasteiger partial charge in [-0.1, -0.05) is 19.1 Å². The van der Waals surface area contributed by atoms with Crippen molar-refractivity contribution >= 4 is 42.6 Å². The van der Waals surface area contributed by atoms with Crippen molar-refractivity contribution in [2.75, 3.05) is 23.6 Å². The minimum Gasteiger partial charge on any atom is -0.345 e. The molecule has 2 aromatic heterocycles. The standard InChI is InChI=1S/C27H26F2N4O5S2/c1-2-13-39(35,36)32-23-10-9-22(28)24(25(23)29)26(34)21-16-31-27-20(21)14-18(15-30-27)17-5-7-19(8-6-17)40(37,38)33-11-3-4-12-33/h5-10,14-16,32H,2-4,11-13H2,1H3,(H,30,31). The number of nitrogens with zero attached hydrogens (tertiary/aromatic N) is 2. The molecule has 13 heteroatoms. The Kier molecular flexibility index (Phi) is 7.46. The second kappa shape index (κ2) is 10.7. The third-order valence-corrected chi connectivity index (χ3v) is 10.1. The van der Waals surface area contributed by atoms with Gasteiger partial charge < -0.3 is 4.98 Å². The van der Waals surface area contributed by atoms with Crippen LogP contribution in [-0.4, -0.2) is 55.7 Å². The maximum atomic E-state index is 15.3. The van der Waals surface area contributed by atoms with E-state index in [4.69, 9.17) is 0 Å². The van der Waals surface area contributed by atoms with Crippen molar-refractivity contribution in [3.8, 4) is 11.1 Å². The minimum atomic E-state index is -3.88. The zero-order valence-electron chi connectivity index (χ0n) is 21.4. The summed E-state index contributed by atoms with van der Waals surface area (Å²) >= 11 is 0. The highest BCUT2D eigenvalue weighted by molar-refractivity contribution is 7.92. The zero-order valence-corrected chi connectivity index (χ0v) is 23.1.